The van der Waals surface area contributed by atoms with Crippen LogP contribution >= 0.6 is 0 Å². The monoisotopic (exact) mass is 610 g/mol. The minimum atomic E-state index is -0.474. The summed E-state index contributed by atoms with van der Waals surface area (Å²) in [5.74, 6) is 2.79. The van der Waals surface area contributed by atoms with E-state index in [2.05, 4.69) is 48.1 Å². The smallest absolute Gasteiger partial charge is 0.311 e. The molecule has 10 atom stereocenters. The summed E-state index contributed by atoms with van der Waals surface area (Å²) < 4.78 is 12.5. The van der Waals surface area contributed by atoms with Crippen LogP contribution in [-0.2, 0) is 19.1 Å². The van der Waals surface area contributed by atoms with E-state index in [4.69, 9.17) is 9.47 Å². The van der Waals surface area contributed by atoms with Gasteiger partial charge in [-0.15, -0.1) is 0 Å². The van der Waals surface area contributed by atoms with E-state index in [1.54, 1.807) is 0 Å². The van der Waals surface area contributed by atoms with Gasteiger partial charge in [-0.25, -0.2) is 0 Å². The molecular weight excluding hydrogens is 544 g/mol. The molecule has 250 valence electrons. The Labute approximate surface area is 270 Å². The molecule has 5 aliphatic rings. The molecule has 0 bridgehead atoms. The summed E-state index contributed by atoms with van der Waals surface area (Å²) in [6.07, 6.45) is 11.9. The molecule has 4 heteroatoms. The number of esters is 2. The van der Waals surface area contributed by atoms with Crippen molar-refractivity contribution in [3.05, 3.63) is 12.2 Å². The fraction of sp³-hybridized carbons (Fsp3) is 0.900. The van der Waals surface area contributed by atoms with Crippen LogP contribution in [0.3, 0.4) is 0 Å². The van der Waals surface area contributed by atoms with Crippen molar-refractivity contribution >= 4 is 11.9 Å². The van der Waals surface area contributed by atoms with Crippen LogP contribution in [-0.4, -0.2) is 24.6 Å². The molecule has 4 nitrogen and oxygen atoms in total. The Morgan fingerprint density at radius 1 is 0.727 bits per heavy atom. The molecule has 0 radical (unpaired) electrons. The molecule has 0 unspecified atom stereocenters. The molecule has 44 heavy (non-hydrogen) atoms. The maximum absolute atomic E-state index is 13.0. The van der Waals surface area contributed by atoms with Crippen molar-refractivity contribution in [2.75, 3.05) is 6.61 Å². The van der Waals surface area contributed by atoms with Crippen molar-refractivity contribution in [1.82, 2.24) is 0 Å². The zero-order valence-corrected chi connectivity index (χ0v) is 30.6. The molecule has 0 aromatic rings. The first-order valence-electron chi connectivity index (χ1n) is 18.1. The summed E-state index contributed by atoms with van der Waals surface area (Å²) in [4.78, 5) is 26.0. The third-order valence-electron chi connectivity index (χ3n) is 15.1. The van der Waals surface area contributed by atoms with Gasteiger partial charge in [0, 0.05) is 10.8 Å². The summed E-state index contributed by atoms with van der Waals surface area (Å²) in [5.41, 5.74) is 1.19. The predicted molar refractivity (Wildman–Crippen MR) is 179 cm³/mol. The first-order valence-corrected chi connectivity index (χ1v) is 18.1. The van der Waals surface area contributed by atoms with Crippen molar-refractivity contribution in [2.24, 2.45) is 67.5 Å². The Hall–Kier alpha value is -1.32. The molecule has 5 rings (SSSR count). The van der Waals surface area contributed by atoms with Gasteiger partial charge in [-0.1, -0.05) is 46.8 Å². The number of hydrogen-bond donors (Lipinski definition) is 0. The number of allylic oxidation sites excluding steroid dienone is 1. The molecule has 5 saturated carbocycles. The lowest BCUT2D eigenvalue weighted by Gasteiger charge is -2.73. The molecule has 5 aliphatic carbocycles. The Morgan fingerprint density at radius 3 is 1.95 bits per heavy atom. The normalized spacial score (nSPS) is 44.8. The van der Waals surface area contributed by atoms with Gasteiger partial charge in [0.05, 0.1) is 17.4 Å². The SMILES string of the molecule is C=C(C)[C@@H]1CC[C@]2(COC(=O)C(C)(C)C)CC[C@]3(C)[C@H](CC[C@@H]4[C@@]5(C)CC[C@H](OC(=O)C(C)(C)C)C(C)(C)[C@@H]5CC[C@]43C)[C@@H]12. The van der Waals surface area contributed by atoms with Crippen molar-refractivity contribution in [3.8, 4) is 0 Å². The lowest BCUT2D eigenvalue weighted by Crippen LogP contribution is -2.67. The number of rotatable bonds is 4. The molecule has 5 fully saturated rings. The highest BCUT2D eigenvalue weighted by atomic mass is 16.5. The quantitative estimate of drug-likeness (QED) is 0.235. The van der Waals surface area contributed by atoms with E-state index in [0.717, 1.165) is 25.7 Å². The number of carbonyl (C=O) groups excluding carboxylic acids is 2. The van der Waals surface area contributed by atoms with Crippen LogP contribution in [0.1, 0.15) is 147 Å². The van der Waals surface area contributed by atoms with Gasteiger partial charge in [-0.05, 0) is 159 Å². The summed E-state index contributed by atoms with van der Waals surface area (Å²) in [6, 6.07) is 0. The second-order valence-corrected chi connectivity index (χ2v) is 19.9. The van der Waals surface area contributed by atoms with Crippen molar-refractivity contribution < 1.29 is 19.1 Å². The van der Waals surface area contributed by atoms with E-state index in [9.17, 15) is 9.59 Å². The first-order chi connectivity index (χ1) is 20.0. The highest BCUT2D eigenvalue weighted by Crippen LogP contribution is 2.77. The summed E-state index contributed by atoms with van der Waals surface area (Å²) in [7, 11) is 0. The summed E-state index contributed by atoms with van der Waals surface area (Å²) in [6.45, 7) is 31.9. The van der Waals surface area contributed by atoms with Crippen LogP contribution in [0.5, 0.6) is 0 Å². The molecular formula is C40H66O4. The van der Waals surface area contributed by atoms with Gasteiger partial charge in [-0.3, -0.25) is 9.59 Å². The van der Waals surface area contributed by atoms with Gasteiger partial charge in [-0.2, -0.15) is 0 Å². The van der Waals surface area contributed by atoms with Gasteiger partial charge >= 0.3 is 11.9 Å². The lowest BCUT2D eigenvalue weighted by molar-refractivity contribution is -0.253. The fourth-order valence-corrected chi connectivity index (χ4v) is 12.5. The zero-order valence-electron chi connectivity index (χ0n) is 30.6. The van der Waals surface area contributed by atoms with Crippen LogP contribution in [0.25, 0.3) is 0 Å². The standard InChI is InChI=1S/C40H66O4/c1-25(2)26-16-21-40(24-43-32(41)34(3,4)5)23-22-38(12)27(31(26)40)14-15-29-37(11)19-18-30(44-33(42)35(6,7)8)36(9,10)28(37)17-20-39(29,38)13/h26-31H,1,14-24H2,2-13H3/t26-,27+,28-,29+,30-,31+,37-,38+,39+,40+/m0/s1. The van der Waals surface area contributed by atoms with Gasteiger partial charge in [0.1, 0.15) is 6.10 Å². The van der Waals surface area contributed by atoms with E-state index in [1.807, 2.05) is 41.5 Å². The Morgan fingerprint density at radius 2 is 1.36 bits per heavy atom. The average Bonchev–Trinajstić information content (AvgIpc) is 3.28. The van der Waals surface area contributed by atoms with Crippen LogP contribution in [0, 0.1) is 67.5 Å². The summed E-state index contributed by atoms with van der Waals surface area (Å²) >= 11 is 0. The number of carbonyl (C=O) groups is 2. The second kappa shape index (κ2) is 10.6. The van der Waals surface area contributed by atoms with Crippen LogP contribution in [0.4, 0.5) is 0 Å². The van der Waals surface area contributed by atoms with Crippen LogP contribution < -0.4 is 0 Å². The average molecular weight is 611 g/mol. The molecule has 0 spiro atoms. The maximum atomic E-state index is 13.0. The van der Waals surface area contributed by atoms with E-state index in [0.29, 0.717) is 36.2 Å². The Balaban J connectivity index is 1.44. The van der Waals surface area contributed by atoms with Crippen LogP contribution in [0.2, 0.25) is 0 Å². The van der Waals surface area contributed by atoms with Gasteiger partial charge in [0.25, 0.3) is 0 Å². The Bertz CT molecular complexity index is 1170. The molecule has 0 heterocycles. The minimum Gasteiger partial charge on any atom is -0.465 e. The minimum absolute atomic E-state index is 0.00972. The van der Waals surface area contributed by atoms with Crippen molar-refractivity contribution in [2.45, 2.75) is 153 Å². The first kappa shape index (κ1) is 34.0. The third-order valence-corrected chi connectivity index (χ3v) is 15.1. The lowest BCUT2D eigenvalue weighted by atomic mass is 9.32. The molecule has 0 N–H and O–H groups in total. The summed E-state index contributed by atoms with van der Waals surface area (Å²) in [5, 5.41) is 0. The third kappa shape index (κ3) is 4.96. The molecule has 0 amide bonds. The van der Waals surface area contributed by atoms with E-state index < -0.39 is 10.8 Å². The topological polar surface area (TPSA) is 52.6 Å². The second-order valence-electron chi connectivity index (χ2n) is 19.9. The van der Waals surface area contributed by atoms with Crippen molar-refractivity contribution in [1.29, 1.82) is 0 Å². The number of ether oxygens (including phenoxy) is 2. The highest BCUT2D eigenvalue weighted by molar-refractivity contribution is 5.76. The zero-order chi connectivity index (χ0) is 32.9. The molecule has 0 saturated heterocycles. The number of fused-ring (bicyclic) bond motifs is 7. The highest BCUT2D eigenvalue weighted by Gasteiger charge is 2.71. The van der Waals surface area contributed by atoms with Gasteiger partial charge < -0.3 is 9.47 Å². The molecule has 0 aromatic heterocycles. The van der Waals surface area contributed by atoms with Gasteiger partial charge in [0.2, 0.25) is 0 Å². The van der Waals surface area contributed by atoms with Gasteiger partial charge in [0.15, 0.2) is 0 Å². The fourth-order valence-electron chi connectivity index (χ4n) is 12.5. The van der Waals surface area contributed by atoms with Crippen molar-refractivity contribution in [3.63, 3.8) is 0 Å². The largest absolute Gasteiger partial charge is 0.465 e. The van der Waals surface area contributed by atoms with E-state index in [-0.39, 0.29) is 45.1 Å². The van der Waals surface area contributed by atoms with E-state index in [1.165, 1.54) is 44.1 Å². The maximum Gasteiger partial charge on any atom is 0.311 e. The van der Waals surface area contributed by atoms with Crippen LogP contribution in [0.15, 0.2) is 12.2 Å². The number of hydrogen-bond acceptors (Lipinski definition) is 4. The van der Waals surface area contributed by atoms with E-state index >= 15 is 0 Å². The molecule has 0 aromatic carbocycles. The molecule has 0 aliphatic heterocycles. The Kier molecular flexibility index (Phi) is 8.19. The predicted octanol–water partition coefficient (Wildman–Crippen LogP) is 10.2.